The van der Waals surface area contributed by atoms with Gasteiger partial charge in [0.25, 0.3) is 0 Å². The van der Waals surface area contributed by atoms with Crippen molar-refractivity contribution < 1.29 is 18.7 Å². The normalized spacial score (nSPS) is 11.1. The van der Waals surface area contributed by atoms with Crippen molar-refractivity contribution in [3.8, 4) is 11.5 Å². The lowest BCUT2D eigenvalue weighted by Crippen LogP contribution is -1.99. The molecule has 0 amide bonds. The maximum atomic E-state index is 12.2. The van der Waals surface area contributed by atoms with E-state index in [-0.39, 0.29) is 5.78 Å². The van der Waals surface area contributed by atoms with Crippen molar-refractivity contribution in [1.29, 1.82) is 0 Å². The standard InChI is InChI=1S/C17H16O4/c1-19-14-9-10-17(20-2)15(12-14)16(18)8-4-3-6-13-7-5-11-21-13/h3-12H,1-2H3/b6-3+,8-4+. The minimum absolute atomic E-state index is 0.158. The van der Waals surface area contributed by atoms with Crippen molar-refractivity contribution in [3.63, 3.8) is 0 Å². The minimum Gasteiger partial charge on any atom is -0.497 e. The summed E-state index contributed by atoms with van der Waals surface area (Å²) in [5.41, 5.74) is 0.458. The van der Waals surface area contributed by atoms with E-state index in [4.69, 9.17) is 13.9 Å². The molecule has 0 saturated carbocycles. The summed E-state index contributed by atoms with van der Waals surface area (Å²) in [6.45, 7) is 0. The zero-order chi connectivity index (χ0) is 15.1. The van der Waals surface area contributed by atoms with Crippen molar-refractivity contribution in [2.24, 2.45) is 0 Å². The molecule has 0 unspecified atom stereocenters. The second-order valence-electron chi connectivity index (χ2n) is 4.16. The second kappa shape index (κ2) is 7.14. The van der Waals surface area contributed by atoms with Crippen LogP contribution in [0.3, 0.4) is 0 Å². The summed E-state index contributed by atoms with van der Waals surface area (Å²) in [5, 5.41) is 0. The van der Waals surface area contributed by atoms with Gasteiger partial charge in [0.2, 0.25) is 0 Å². The van der Waals surface area contributed by atoms with Crippen molar-refractivity contribution in [1.82, 2.24) is 0 Å². The molecule has 1 aromatic heterocycles. The number of carbonyl (C=O) groups excluding carboxylic acids is 1. The summed E-state index contributed by atoms with van der Waals surface area (Å²) >= 11 is 0. The lowest BCUT2D eigenvalue weighted by Gasteiger charge is -2.07. The van der Waals surface area contributed by atoms with Crippen LogP contribution in [-0.4, -0.2) is 20.0 Å². The Bertz CT molecular complexity index is 651. The van der Waals surface area contributed by atoms with E-state index >= 15 is 0 Å². The SMILES string of the molecule is COc1ccc(OC)c(C(=O)/C=C/C=C/c2ccco2)c1. The highest BCUT2D eigenvalue weighted by atomic mass is 16.5. The van der Waals surface area contributed by atoms with Gasteiger partial charge in [-0.05, 0) is 42.5 Å². The molecule has 1 heterocycles. The summed E-state index contributed by atoms with van der Waals surface area (Å²) in [6, 6.07) is 8.74. The molecule has 2 rings (SSSR count). The average Bonchev–Trinajstić information content (AvgIpc) is 3.04. The van der Waals surface area contributed by atoms with Crippen molar-refractivity contribution in [3.05, 3.63) is 66.1 Å². The monoisotopic (exact) mass is 284 g/mol. The molecular formula is C17H16O4. The molecule has 0 fully saturated rings. The van der Waals surface area contributed by atoms with Gasteiger partial charge in [-0.3, -0.25) is 4.79 Å². The summed E-state index contributed by atoms with van der Waals surface area (Å²) in [6.07, 6.45) is 8.23. The third kappa shape index (κ3) is 3.86. The van der Waals surface area contributed by atoms with Crippen LogP contribution in [0.15, 0.2) is 59.2 Å². The zero-order valence-electron chi connectivity index (χ0n) is 11.9. The van der Waals surface area contributed by atoms with Crippen LogP contribution < -0.4 is 9.47 Å². The van der Waals surface area contributed by atoms with Gasteiger partial charge < -0.3 is 13.9 Å². The maximum Gasteiger partial charge on any atom is 0.189 e. The molecule has 0 aliphatic carbocycles. The number of furan rings is 1. The van der Waals surface area contributed by atoms with E-state index in [1.54, 1.807) is 55.9 Å². The number of carbonyl (C=O) groups is 1. The Morgan fingerprint density at radius 1 is 1.14 bits per heavy atom. The lowest BCUT2D eigenvalue weighted by molar-refractivity contribution is 0.104. The number of methoxy groups -OCH3 is 2. The fourth-order valence-electron chi connectivity index (χ4n) is 1.78. The Morgan fingerprint density at radius 3 is 2.67 bits per heavy atom. The predicted octanol–water partition coefficient (Wildman–Crippen LogP) is 3.75. The molecule has 0 atom stereocenters. The maximum absolute atomic E-state index is 12.2. The molecule has 0 saturated heterocycles. The smallest absolute Gasteiger partial charge is 0.189 e. The number of hydrogen-bond donors (Lipinski definition) is 0. The summed E-state index contributed by atoms with van der Waals surface area (Å²) in [4.78, 5) is 12.2. The van der Waals surface area contributed by atoms with Crippen LogP contribution in [0.25, 0.3) is 6.08 Å². The van der Waals surface area contributed by atoms with Gasteiger partial charge in [0.05, 0.1) is 26.0 Å². The molecular weight excluding hydrogens is 268 g/mol. The molecule has 4 nitrogen and oxygen atoms in total. The Labute approximate surface area is 123 Å². The van der Waals surface area contributed by atoms with Crippen LogP contribution in [0.5, 0.6) is 11.5 Å². The largest absolute Gasteiger partial charge is 0.497 e. The predicted molar refractivity (Wildman–Crippen MR) is 80.8 cm³/mol. The van der Waals surface area contributed by atoms with Crippen LogP contribution in [0.2, 0.25) is 0 Å². The van der Waals surface area contributed by atoms with E-state index in [1.165, 1.54) is 13.2 Å². The van der Waals surface area contributed by atoms with E-state index in [2.05, 4.69) is 0 Å². The third-order valence-electron chi connectivity index (χ3n) is 2.83. The molecule has 0 N–H and O–H groups in total. The molecule has 0 bridgehead atoms. The molecule has 4 heteroatoms. The first kappa shape index (κ1) is 14.7. The molecule has 0 aliphatic heterocycles. The number of ketones is 1. The first-order chi connectivity index (χ1) is 10.2. The Morgan fingerprint density at radius 2 is 2.00 bits per heavy atom. The topological polar surface area (TPSA) is 48.7 Å². The van der Waals surface area contributed by atoms with Gasteiger partial charge in [-0.2, -0.15) is 0 Å². The quantitative estimate of drug-likeness (QED) is 0.460. The lowest BCUT2D eigenvalue weighted by atomic mass is 10.1. The van der Waals surface area contributed by atoms with E-state index in [9.17, 15) is 4.79 Å². The molecule has 1 aromatic carbocycles. The first-order valence-corrected chi connectivity index (χ1v) is 6.39. The Kier molecular flexibility index (Phi) is 4.99. The Balaban J connectivity index is 2.12. The fourth-order valence-corrected chi connectivity index (χ4v) is 1.78. The van der Waals surface area contributed by atoms with Gasteiger partial charge in [-0.15, -0.1) is 0 Å². The second-order valence-corrected chi connectivity index (χ2v) is 4.16. The molecule has 2 aromatic rings. The summed E-state index contributed by atoms with van der Waals surface area (Å²) in [5.74, 6) is 1.69. The first-order valence-electron chi connectivity index (χ1n) is 6.39. The molecule has 108 valence electrons. The minimum atomic E-state index is -0.158. The van der Waals surface area contributed by atoms with Crippen LogP contribution >= 0.6 is 0 Å². The van der Waals surface area contributed by atoms with Crippen LogP contribution in [-0.2, 0) is 0 Å². The van der Waals surface area contributed by atoms with Gasteiger partial charge in [0.15, 0.2) is 5.78 Å². The van der Waals surface area contributed by atoms with Crippen molar-refractivity contribution in [2.45, 2.75) is 0 Å². The number of rotatable bonds is 6. The van der Waals surface area contributed by atoms with Crippen LogP contribution in [0.4, 0.5) is 0 Å². The van der Waals surface area contributed by atoms with E-state index in [0.29, 0.717) is 17.1 Å². The highest BCUT2D eigenvalue weighted by Crippen LogP contribution is 2.24. The van der Waals surface area contributed by atoms with Crippen LogP contribution in [0.1, 0.15) is 16.1 Å². The Hall–Kier alpha value is -2.75. The summed E-state index contributed by atoms with van der Waals surface area (Å²) in [7, 11) is 3.08. The van der Waals surface area contributed by atoms with Crippen molar-refractivity contribution in [2.75, 3.05) is 14.2 Å². The van der Waals surface area contributed by atoms with E-state index in [1.807, 2.05) is 6.07 Å². The average molecular weight is 284 g/mol. The highest BCUT2D eigenvalue weighted by Gasteiger charge is 2.10. The van der Waals surface area contributed by atoms with E-state index in [0.717, 1.165) is 5.76 Å². The molecule has 0 aliphatic rings. The molecule has 21 heavy (non-hydrogen) atoms. The highest BCUT2D eigenvalue weighted by molar-refractivity contribution is 6.07. The number of hydrogen-bond acceptors (Lipinski definition) is 4. The zero-order valence-corrected chi connectivity index (χ0v) is 11.9. The van der Waals surface area contributed by atoms with Crippen molar-refractivity contribution >= 4 is 11.9 Å². The third-order valence-corrected chi connectivity index (χ3v) is 2.83. The van der Waals surface area contributed by atoms with Gasteiger partial charge in [0.1, 0.15) is 17.3 Å². The summed E-state index contributed by atoms with van der Waals surface area (Å²) < 4.78 is 15.5. The van der Waals surface area contributed by atoms with E-state index < -0.39 is 0 Å². The number of benzene rings is 1. The molecule has 0 spiro atoms. The van der Waals surface area contributed by atoms with Crippen LogP contribution in [0, 0.1) is 0 Å². The number of allylic oxidation sites excluding steroid dienone is 3. The van der Waals surface area contributed by atoms with Gasteiger partial charge in [-0.25, -0.2) is 0 Å². The fraction of sp³-hybridized carbons (Fsp3) is 0.118. The van der Waals surface area contributed by atoms with Gasteiger partial charge in [-0.1, -0.05) is 12.2 Å². The van der Waals surface area contributed by atoms with Gasteiger partial charge in [0, 0.05) is 0 Å². The van der Waals surface area contributed by atoms with Gasteiger partial charge >= 0.3 is 0 Å². The number of ether oxygens (including phenoxy) is 2. The molecule has 0 radical (unpaired) electrons.